The van der Waals surface area contributed by atoms with E-state index in [1.165, 1.54) is 6.20 Å². The molecule has 1 saturated carbocycles. The molecule has 2 aromatic heterocycles. The minimum Gasteiger partial charge on any atom is -0.350 e. The Bertz CT molecular complexity index is 1000. The monoisotopic (exact) mass is 361 g/mol. The molecular formula is C18H14ClF2N3O. The number of aromatic nitrogens is 2. The predicted octanol–water partition coefficient (Wildman–Crippen LogP) is 4.33. The summed E-state index contributed by atoms with van der Waals surface area (Å²) >= 11 is 6.18. The Labute approximate surface area is 147 Å². The van der Waals surface area contributed by atoms with Gasteiger partial charge in [-0.15, -0.1) is 0 Å². The van der Waals surface area contributed by atoms with Crippen molar-refractivity contribution >= 4 is 34.1 Å². The number of halogens is 3. The van der Waals surface area contributed by atoms with E-state index in [1.807, 2.05) is 19.3 Å². The third kappa shape index (κ3) is 2.76. The number of rotatable bonds is 3. The van der Waals surface area contributed by atoms with Gasteiger partial charge in [0, 0.05) is 30.4 Å². The Kier molecular flexibility index (Phi) is 3.72. The zero-order valence-corrected chi connectivity index (χ0v) is 14.0. The molecule has 128 valence electrons. The van der Waals surface area contributed by atoms with Gasteiger partial charge >= 0.3 is 0 Å². The highest BCUT2D eigenvalue weighted by Crippen LogP contribution is 2.36. The molecular weight excluding hydrogens is 348 g/mol. The highest BCUT2D eigenvalue weighted by molar-refractivity contribution is 6.36. The fraction of sp³-hybridized carbons (Fsp3) is 0.222. The molecule has 7 heteroatoms. The molecule has 1 aromatic carbocycles. The Morgan fingerprint density at radius 1 is 1.44 bits per heavy atom. The number of hydrogen-bond donors (Lipinski definition) is 1. The Hall–Kier alpha value is -2.47. The molecule has 1 amide bonds. The number of fused-ring (bicyclic) bond motifs is 1. The van der Waals surface area contributed by atoms with E-state index >= 15 is 0 Å². The number of aryl methyl sites for hydroxylation is 1. The number of nitrogens with zero attached hydrogens (tertiary/aromatic N) is 2. The van der Waals surface area contributed by atoms with Crippen LogP contribution in [0.4, 0.5) is 14.6 Å². The molecule has 2 unspecified atom stereocenters. The van der Waals surface area contributed by atoms with Crippen LogP contribution in [0, 0.1) is 11.7 Å². The van der Waals surface area contributed by atoms with Crippen molar-refractivity contribution in [3.05, 3.63) is 47.5 Å². The molecule has 3 aromatic rings. The standard InChI is InChI=1S/C18H14ClF2N3O/c1-24-4-2-3-14(24)11-5-9-6-15(23-18(25)10-7-13(10)20)22-8-12(9)16(19)17(11)21/h2-6,8,10,13H,7H2,1H3,(H,22,23,25). The highest BCUT2D eigenvalue weighted by Gasteiger charge is 2.43. The van der Waals surface area contributed by atoms with Gasteiger partial charge in [0.25, 0.3) is 0 Å². The van der Waals surface area contributed by atoms with Gasteiger partial charge in [0.1, 0.15) is 12.0 Å². The van der Waals surface area contributed by atoms with Gasteiger partial charge in [-0.3, -0.25) is 4.79 Å². The lowest BCUT2D eigenvalue weighted by atomic mass is 10.1. The van der Waals surface area contributed by atoms with Crippen LogP contribution in [0.15, 0.2) is 36.7 Å². The molecule has 25 heavy (non-hydrogen) atoms. The first kappa shape index (κ1) is 16.0. The first-order chi connectivity index (χ1) is 12.0. The van der Waals surface area contributed by atoms with Crippen molar-refractivity contribution in [1.82, 2.24) is 9.55 Å². The van der Waals surface area contributed by atoms with Crippen LogP contribution in [-0.4, -0.2) is 21.6 Å². The summed E-state index contributed by atoms with van der Waals surface area (Å²) in [7, 11) is 1.81. The summed E-state index contributed by atoms with van der Waals surface area (Å²) in [6, 6.07) is 6.88. The fourth-order valence-electron chi connectivity index (χ4n) is 2.88. The minimum absolute atomic E-state index is 0.0231. The normalized spacial score (nSPS) is 19.2. The van der Waals surface area contributed by atoms with Gasteiger partial charge in [-0.25, -0.2) is 13.8 Å². The highest BCUT2D eigenvalue weighted by atomic mass is 35.5. The lowest BCUT2D eigenvalue weighted by Crippen LogP contribution is -2.15. The molecule has 0 aliphatic heterocycles. The van der Waals surface area contributed by atoms with Crippen LogP contribution in [0.2, 0.25) is 5.02 Å². The molecule has 1 N–H and O–H groups in total. The SMILES string of the molecule is Cn1cccc1-c1cc2cc(NC(=O)C3CC3F)ncc2c(Cl)c1F. The van der Waals surface area contributed by atoms with E-state index in [9.17, 15) is 13.6 Å². The minimum atomic E-state index is -1.08. The number of carbonyl (C=O) groups is 1. The van der Waals surface area contributed by atoms with Crippen LogP contribution in [0.3, 0.4) is 0 Å². The van der Waals surface area contributed by atoms with Crippen LogP contribution in [0.1, 0.15) is 6.42 Å². The third-order valence-electron chi connectivity index (χ3n) is 4.42. The summed E-state index contributed by atoms with van der Waals surface area (Å²) in [6.45, 7) is 0. The number of anilines is 1. The van der Waals surface area contributed by atoms with E-state index in [0.29, 0.717) is 22.0 Å². The van der Waals surface area contributed by atoms with Crippen molar-refractivity contribution in [3.63, 3.8) is 0 Å². The zero-order chi connectivity index (χ0) is 17.7. The van der Waals surface area contributed by atoms with E-state index in [0.717, 1.165) is 0 Å². The van der Waals surface area contributed by atoms with Crippen molar-refractivity contribution < 1.29 is 13.6 Å². The Morgan fingerprint density at radius 3 is 2.84 bits per heavy atom. The van der Waals surface area contributed by atoms with Gasteiger partial charge in [0.05, 0.1) is 16.6 Å². The van der Waals surface area contributed by atoms with E-state index in [1.54, 1.807) is 22.8 Å². The Balaban J connectivity index is 1.77. The second-order valence-electron chi connectivity index (χ2n) is 6.19. The maximum absolute atomic E-state index is 14.7. The summed E-state index contributed by atoms with van der Waals surface area (Å²) in [4.78, 5) is 15.9. The summed E-state index contributed by atoms with van der Waals surface area (Å²) < 4.78 is 29.4. The van der Waals surface area contributed by atoms with Crippen molar-refractivity contribution in [2.45, 2.75) is 12.6 Å². The maximum Gasteiger partial charge on any atom is 0.231 e. The zero-order valence-electron chi connectivity index (χ0n) is 13.3. The molecule has 0 spiro atoms. The van der Waals surface area contributed by atoms with Gasteiger partial charge < -0.3 is 9.88 Å². The maximum atomic E-state index is 14.7. The first-order valence-electron chi connectivity index (χ1n) is 7.80. The van der Waals surface area contributed by atoms with Crippen molar-refractivity contribution in [3.8, 4) is 11.3 Å². The van der Waals surface area contributed by atoms with Gasteiger partial charge in [0.2, 0.25) is 5.91 Å². The van der Waals surface area contributed by atoms with Crippen molar-refractivity contribution in [2.24, 2.45) is 13.0 Å². The van der Waals surface area contributed by atoms with Crippen LogP contribution in [0.25, 0.3) is 22.0 Å². The second kappa shape index (κ2) is 5.81. The van der Waals surface area contributed by atoms with Crippen LogP contribution >= 0.6 is 11.6 Å². The molecule has 1 aliphatic rings. The molecule has 1 fully saturated rings. The Morgan fingerprint density at radius 2 is 2.20 bits per heavy atom. The number of alkyl halides is 1. The van der Waals surface area contributed by atoms with Crippen LogP contribution in [-0.2, 0) is 11.8 Å². The molecule has 4 rings (SSSR count). The number of nitrogens with one attached hydrogen (secondary N) is 1. The van der Waals surface area contributed by atoms with E-state index in [4.69, 9.17) is 11.6 Å². The van der Waals surface area contributed by atoms with E-state index in [2.05, 4.69) is 10.3 Å². The second-order valence-corrected chi connectivity index (χ2v) is 6.57. The fourth-order valence-corrected chi connectivity index (χ4v) is 3.14. The number of pyridine rings is 1. The van der Waals surface area contributed by atoms with Gasteiger partial charge in [0.15, 0.2) is 5.82 Å². The number of benzene rings is 1. The topological polar surface area (TPSA) is 46.9 Å². The van der Waals surface area contributed by atoms with Crippen molar-refractivity contribution in [2.75, 3.05) is 5.32 Å². The predicted molar refractivity (Wildman–Crippen MR) is 92.8 cm³/mol. The summed E-state index contributed by atoms with van der Waals surface area (Å²) in [6.07, 6.45) is 2.39. The van der Waals surface area contributed by atoms with Gasteiger partial charge in [-0.05, 0) is 36.1 Å². The molecule has 0 saturated heterocycles. The lowest BCUT2D eigenvalue weighted by Gasteiger charge is -2.11. The van der Waals surface area contributed by atoms with Crippen molar-refractivity contribution in [1.29, 1.82) is 0 Å². The summed E-state index contributed by atoms with van der Waals surface area (Å²) in [5.41, 5.74) is 1.04. The molecule has 2 heterocycles. The average Bonchev–Trinajstić information content (AvgIpc) is 3.17. The summed E-state index contributed by atoms with van der Waals surface area (Å²) in [5, 5.41) is 3.66. The van der Waals surface area contributed by atoms with Gasteiger partial charge in [-0.2, -0.15) is 0 Å². The van der Waals surface area contributed by atoms with Crippen LogP contribution < -0.4 is 5.32 Å². The van der Waals surface area contributed by atoms with Gasteiger partial charge in [-0.1, -0.05) is 11.6 Å². The van der Waals surface area contributed by atoms with E-state index in [-0.39, 0.29) is 17.3 Å². The van der Waals surface area contributed by atoms with Crippen LogP contribution in [0.5, 0.6) is 0 Å². The molecule has 0 bridgehead atoms. The molecule has 0 radical (unpaired) electrons. The number of carbonyl (C=O) groups excluding carboxylic acids is 1. The summed E-state index contributed by atoms with van der Waals surface area (Å²) in [5.74, 6) is -1.23. The average molecular weight is 362 g/mol. The smallest absolute Gasteiger partial charge is 0.231 e. The number of amides is 1. The number of hydrogen-bond acceptors (Lipinski definition) is 2. The first-order valence-corrected chi connectivity index (χ1v) is 8.18. The third-order valence-corrected chi connectivity index (χ3v) is 4.79. The largest absolute Gasteiger partial charge is 0.350 e. The molecule has 4 nitrogen and oxygen atoms in total. The molecule has 1 aliphatic carbocycles. The molecule has 2 atom stereocenters. The lowest BCUT2D eigenvalue weighted by molar-refractivity contribution is -0.117. The van der Waals surface area contributed by atoms with E-state index < -0.39 is 23.8 Å². The quantitative estimate of drug-likeness (QED) is 0.754.